The molecule has 0 aromatic heterocycles. The van der Waals surface area contributed by atoms with Gasteiger partial charge in [-0.3, -0.25) is 0 Å². The van der Waals surface area contributed by atoms with Gasteiger partial charge in [0.05, 0.1) is 6.21 Å². The number of oxime groups is 1. The summed E-state index contributed by atoms with van der Waals surface area (Å²) in [6.45, 7) is 0. The third kappa shape index (κ3) is 2.30. The molecule has 0 radical (unpaired) electrons. The molecule has 0 fully saturated rings. The largest absolute Gasteiger partial charge is 0.399 e. The van der Waals surface area contributed by atoms with Crippen LogP contribution in [0.15, 0.2) is 27.8 Å². The first-order valence-electron chi connectivity index (χ1n) is 3.25. The van der Waals surface area contributed by atoms with E-state index in [-0.39, 0.29) is 5.82 Å². The Balaban J connectivity index is 2.97. The number of halogens is 2. The van der Waals surface area contributed by atoms with Crippen LogP contribution in [0.4, 0.5) is 4.39 Å². The number of benzene rings is 1. The molecule has 1 aromatic carbocycles. The van der Waals surface area contributed by atoms with Crippen molar-refractivity contribution in [3.63, 3.8) is 0 Å². The Morgan fingerprint density at radius 3 is 3.00 bits per heavy atom. The fourth-order valence-corrected chi connectivity index (χ4v) is 1.10. The summed E-state index contributed by atoms with van der Waals surface area (Å²) in [4.78, 5) is 4.43. The highest BCUT2D eigenvalue weighted by atomic mass is 79.9. The summed E-state index contributed by atoms with van der Waals surface area (Å²) in [5.41, 5.74) is 0.395. The van der Waals surface area contributed by atoms with Gasteiger partial charge in [0.25, 0.3) is 0 Å². The summed E-state index contributed by atoms with van der Waals surface area (Å²) < 4.78 is 13.7. The molecular formula is C8H7BrFNO. The zero-order valence-corrected chi connectivity index (χ0v) is 8.01. The molecule has 64 valence electrons. The van der Waals surface area contributed by atoms with E-state index in [4.69, 9.17) is 0 Å². The Kier molecular flexibility index (Phi) is 3.22. The van der Waals surface area contributed by atoms with E-state index in [1.54, 1.807) is 12.1 Å². The summed E-state index contributed by atoms with van der Waals surface area (Å²) in [5.74, 6) is -0.320. The molecule has 0 aliphatic heterocycles. The summed E-state index contributed by atoms with van der Waals surface area (Å²) in [5, 5.41) is 3.46. The van der Waals surface area contributed by atoms with Gasteiger partial charge in [-0.1, -0.05) is 21.1 Å². The number of hydrogen-bond acceptors (Lipinski definition) is 2. The van der Waals surface area contributed by atoms with Crippen molar-refractivity contribution in [1.82, 2.24) is 0 Å². The Morgan fingerprint density at radius 1 is 1.58 bits per heavy atom. The Labute approximate surface area is 78.2 Å². The standard InChI is InChI=1S/C8H7BrFNO/c1-12-11-5-6-4-7(9)2-3-8(6)10/h2-5H,1H3/b11-5+. The van der Waals surface area contributed by atoms with Crippen LogP contribution in [0.3, 0.4) is 0 Å². The SMILES string of the molecule is CO/N=C/c1cc(Br)ccc1F. The van der Waals surface area contributed by atoms with E-state index in [2.05, 4.69) is 25.9 Å². The van der Waals surface area contributed by atoms with Crippen LogP contribution in [-0.2, 0) is 4.84 Å². The summed E-state index contributed by atoms with van der Waals surface area (Å²) in [6.07, 6.45) is 1.32. The van der Waals surface area contributed by atoms with Crippen LogP contribution in [0.2, 0.25) is 0 Å². The van der Waals surface area contributed by atoms with Crippen molar-refractivity contribution < 1.29 is 9.23 Å². The molecule has 0 bridgehead atoms. The van der Waals surface area contributed by atoms with Crippen molar-refractivity contribution in [1.29, 1.82) is 0 Å². The van der Waals surface area contributed by atoms with Gasteiger partial charge < -0.3 is 4.84 Å². The fraction of sp³-hybridized carbons (Fsp3) is 0.125. The van der Waals surface area contributed by atoms with Gasteiger partial charge in [-0.15, -0.1) is 0 Å². The van der Waals surface area contributed by atoms with Crippen LogP contribution >= 0.6 is 15.9 Å². The van der Waals surface area contributed by atoms with Crippen LogP contribution in [0.25, 0.3) is 0 Å². The molecule has 0 heterocycles. The first kappa shape index (κ1) is 9.19. The predicted octanol–water partition coefficient (Wildman–Crippen LogP) is 2.57. The lowest BCUT2D eigenvalue weighted by Gasteiger charge is -1.95. The van der Waals surface area contributed by atoms with E-state index >= 15 is 0 Å². The Morgan fingerprint density at radius 2 is 2.33 bits per heavy atom. The first-order chi connectivity index (χ1) is 5.74. The maximum atomic E-state index is 12.9. The van der Waals surface area contributed by atoms with Crippen LogP contribution in [0.1, 0.15) is 5.56 Å². The molecule has 1 aromatic rings. The smallest absolute Gasteiger partial charge is 0.132 e. The Bertz CT molecular complexity index is 301. The summed E-state index contributed by atoms with van der Waals surface area (Å²) >= 11 is 3.22. The topological polar surface area (TPSA) is 21.6 Å². The highest BCUT2D eigenvalue weighted by Crippen LogP contribution is 2.13. The zero-order chi connectivity index (χ0) is 8.97. The van der Waals surface area contributed by atoms with E-state index in [1.807, 2.05) is 0 Å². The van der Waals surface area contributed by atoms with E-state index in [1.165, 1.54) is 19.4 Å². The molecule has 0 spiro atoms. The maximum Gasteiger partial charge on any atom is 0.132 e. The fourth-order valence-electron chi connectivity index (χ4n) is 0.723. The summed E-state index contributed by atoms with van der Waals surface area (Å²) in [6, 6.07) is 4.61. The van der Waals surface area contributed by atoms with Gasteiger partial charge in [0, 0.05) is 10.0 Å². The normalized spacial score (nSPS) is 10.6. The van der Waals surface area contributed by atoms with Gasteiger partial charge >= 0.3 is 0 Å². The first-order valence-corrected chi connectivity index (χ1v) is 4.05. The van der Waals surface area contributed by atoms with Gasteiger partial charge in [0.15, 0.2) is 0 Å². The molecule has 0 amide bonds. The average molecular weight is 232 g/mol. The molecule has 1 rings (SSSR count). The lowest BCUT2D eigenvalue weighted by molar-refractivity contribution is 0.215. The van der Waals surface area contributed by atoms with Crippen molar-refractivity contribution >= 4 is 22.1 Å². The molecule has 0 saturated heterocycles. The van der Waals surface area contributed by atoms with E-state index in [9.17, 15) is 4.39 Å². The third-order valence-corrected chi connectivity index (χ3v) is 1.75. The second-order valence-electron chi connectivity index (χ2n) is 2.08. The van der Waals surface area contributed by atoms with Gasteiger partial charge in [-0.05, 0) is 18.2 Å². The molecule has 0 aliphatic rings. The quantitative estimate of drug-likeness (QED) is 0.567. The molecule has 0 N–H and O–H groups in total. The number of rotatable bonds is 2. The van der Waals surface area contributed by atoms with Gasteiger partial charge in [0.1, 0.15) is 12.9 Å². The minimum atomic E-state index is -0.320. The third-order valence-electron chi connectivity index (χ3n) is 1.26. The number of hydrogen-bond donors (Lipinski definition) is 0. The molecular weight excluding hydrogens is 225 g/mol. The van der Waals surface area contributed by atoms with E-state index in [0.29, 0.717) is 5.56 Å². The van der Waals surface area contributed by atoms with Crippen molar-refractivity contribution in [2.45, 2.75) is 0 Å². The van der Waals surface area contributed by atoms with Crippen LogP contribution in [0, 0.1) is 5.82 Å². The highest BCUT2D eigenvalue weighted by Gasteiger charge is 1.98. The van der Waals surface area contributed by atoms with Crippen LogP contribution in [-0.4, -0.2) is 13.3 Å². The maximum absolute atomic E-state index is 12.9. The molecule has 4 heteroatoms. The monoisotopic (exact) mass is 231 g/mol. The van der Waals surface area contributed by atoms with Gasteiger partial charge in [0.2, 0.25) is 0 Å². The van der Waals surface area contributed by atoms with Crippen LogP contribution in [0.5, 0.6) is 0 Å². The minimum Gasteiger partial charge on any atom is -0.399 e. The molecule has 12 heavy (non-hydrogen) atoms. The van der Waals surface area contributed by atoms with Crippen LogP contribution < -0.4 is 0 Å². The molecule has 0 saturated carbocycles. The molecule has 0 unspecified atom stereocenters. The van der Waals surface area contributed by atoms with E-state index in [0.717, 1.165) is 4.47 Å². The number of nitrogens with zero attached hydrogens (tertiary/aromatic N) is 1. The molecule has 0 aliphatic carbocycles. The Hall–Kier alpha value is -0.900. The lowest BCUT2D eigenvalue weighted by atomic mass is 10.2. The molecule has 2 nitrogen and oxygen atoms in total. The predicted molar refractivity (Wildman–Crippen MR) is 48.7 cm³/mol. The van der Waals surface area contributed by atoms with Crippen molar-refractivity contribution in [3.05, 3.63) is 34.1 Å². The van der Waals surface area contributed by atoms with Crippen molar-refractivity contribution in [3.8, 4) is 0 Å². The lowest BCUT2D eigenvalue weighted by Crippen LogP contribution is -1.87. The molecule has 0 atom stereocenters. The summed E-state index contributed by atoms with van der Waals surface area (Å²) in [7, 11) is 1.41. The second-order valence-corrected chi connectivity index (χ2v) is 3.00. The van der Waals surface area contributed by atoms with Crippen molar-refractivity contribution in [2.75, 3.05) is 7.11 Å². The highest BCUT2D eigenvalue weighted by molar-refractivity contribution is 9.10. The van der Waals surface area contributed by atoms with Gasteiger partial charge in [-0.2, -0.15) is 0 Å². The van der Waals surface area contributed by atoms with Crippen molar-refractivity contribution in [2.24, 2.45) is 5.16 Å². The second kappa shape index (κ2) is 4.21. The average Bonchev–Trinajstić information content (AvgIpc) is 2.07. The van der Waals surface area contributed by atoms with E-state index < -0.39 is 0 Å². The zero-order valence-electron chi connectivity index (χ0n) is 6.42. The minimum absolute atomic E-state index is 0.320. The van der Waals surface area contributed by atoms with Gasteiger partial charge in [-0.25, -0.2) is 4.39 Å².